The van der Waals surface area contributed by atoms with Crippen molar-refractivity contribution in [1.29, 1.82) is 0 Å². The van der Waals surface area contributed by atoms with E-state index in [9.17, 15) is 14.4 Å². The average Bonchev–Trinajstić information content (AvgIpc) is 3.29. The molecule has 2 aromatic carbocycles. The van der Waals surface area contributed by atoms with Crippen LogP contribution in [0.4, 0.5) is 5.69 Å². The van der Waals surface area contributed by atoms with Crippen molar-refractivity contribution in [3.63, 3.8) is 0 Å². The van der Waals surface area contributed by atoms with Gasteiger partial charge in [-0.25, -0.2) is 0 Å². The van der Waals surface area contributed by atoms with E-state index in [0.29, 0.717) is 74.2 Å². The van der Waals surface area contributed by atoms with Crippen LogP contribution in [0.5, 0.6) is 17.2 Å². The Morgan fingerprint density at radius 1 is 0.941 bits per heavy atom. The van der Waals surface area contributed by atoms with Crippen LogP contribution < -0.4 is 19.1 Å². The predicted molar refractivity (Wildman–Crippen MR) is 125 cm³/mol. The van der Waals surface area contributed by atoms with Gasteiger partial charge < -0.3 is 24.0 Å². The zero-order valence-electron chi connectivity index (χ0n) is 19.2. The first-order valence-electron chi connectivity index (χ1n) is 11.7. The van der Waals surface area contributed by atoms with E-state index in [4.69, 9.17) is 14.2 Å². The molecule has 0 aromatic heterocycles. The van der Waals surface area contributed by atoms with Gasteiger partial charge in [0.15, 0.2) is 17.3 Å². The molecule has 0 saturated carbocycles. The first-order chi connectivity index (χ1) is 16.5. The van der Waals surface area contributed by atoms with E-state index >= 15 is 0 Å². The molecule has 2 fully saturated rings. The number of nitrogens with zero attached hydrogens (tertiary/aromatic N) is 2. The fourth-order valence-electron chi connectivity index (χ4n) is 4.93. The van der Waals surface area contributed by atoms with Gasteiger partial charge >= 0.3 is 0 Å². The van der Waals surface area contributed by atoms with E-state index in [-0.39, 0.29) is 35.9 Å². The second-order valence-electron chi connectivity index (χ2n) is 8.93. The Bertz CT molecular complexity index is 1090. The minimum atomic E-state index is -0.380. The van der Waals surface area contributed by atoms with Crippen molar-refractivity contribution in [3.8, 4) is 17.2 Å². The number of amides is 2. The largest absolute Gasteiger partial charge is 0.497 e. The summed E-state index contributed by atoms with van der Waals surface area (Å²) in [6.45, 7) is 2.39. The molecule has 8 nitrogen and oxygen atoms in total. The number of benzene rings is 2. The van der Waals surface area contributed by atoms with E-state index in [2.05, 4.69) is 0 Å². The van der Waals surface area contributed by atoms with Gasteiger partial charge in [0, 0.05) is 49.3 Å². The third-order valence-electron chi connectivity index (χ3n) is 6.86. The van der Waals surface area contributed by atoms with E-state index in [0.717, 1.165) is 0 Å². The molecule has 0 bridgehead atoms. The molecule has 34 heavy (non-hydrogen) atoms. The summed E-state index contributed by atoms with van der Waals surface area (Å²) in [4.78, 5) is 42.2. The number of carbonyl (C=O) groups is 3. The van der Waals surface area contributed by atoms with Crippen molar-refractivity contribution in [2.45, 2.75) is 19.3 Å². The van der Waals surface area contributed by atoms with Crippen LogP contribution in [0.15, 0.2) is 42.5 Å². The third kappa shape index (κ3) is 4.32. The van der Waals surface area contributed by atoms with Gasteiger partial charge in [0.2, 0.25) is 11.8 Å². The lowest BCUT2D eigenvalue weighted by Gasteiger charge is -2.33. The van der Waals surface area contributed by atoms with E-state index < -0.39 is 0 Å². The SMILES string of the molecule is COc1ccc(C(=O)C2CCN(C(=O)[C@H]3CC(=O)N(c4ccc5c(c4)OCCO5)C3)CC2)cc1. The van der Waals surface area contributed by atoms with Crippen molar-refractivity contribution in [3.05, 3.63) is 48.0 Å². The molecule has 1 atom stereocenters. The van der Waals surface area contributed by atoms with Crippen LogP contribution in [-0.4, -0.2) is 62.5 Å². The Labute approximate surface area is 198 Å². The number of fused-ring (bicyclic) bond motifs is 1. The zero-order valence-corrected chi connectivity index (χ0v) is 19.2. The molecular formula is C26H28N2O6. The zero-order chi connectivity index (χ0) is 23.7. The summed E-state index contributed by atoms with van der Waals surface area (Å²) < 4.78 is 16.3. The number of piperidine rings is 1. The van der Waals surface area contributed by atoms with Crippen LogP contribution >= 0.6 is 0 Å². The summed E-state index contributed by atoms with van der Waals surface area (Å²) in [5.74, 6) is 1.55. The second kappa shape index (κ2) is 9.37. The Kier molecular flexibility index (Phi) is 6.13. The van der Waals surface area contributed by atoms with Gasteiger partial charge in [-0.2, -0.15) is 0 Å². The van der Waals surface area contributed by atoms with Crippen molar-refractivity contribution >= 4 is 23.3 Å². The first kappa shape index (κ1) is 22.3. The predicted octanol–water partition coefficient (Wildman–Crippen LogP) is 2.94. The molecule has 178 valence electrons. The van der Waals surface area contributed by atoms with Crippen LogP contribution in [0.1, 0.15) is 29.6 Å². The Morgan fingerprint density at radius 2 is 1.65 bits per heavy atom. The fourth-order valence-corrected chi connectivity index (χ4v) is 4.93. The summed E-state index contributed by atoms with van der Waals surface area (Å²) in [7, 11) is 1.59. The Balaban J connectivity index is 1.18. The van der Waals surface area contributed by atoms with Crippen LogP contribution in [0.2, 0.25) is 0 Å². The summed E-state index contributed by atoms with van der Waals surface area (Å²) in [6.07, 6.45) is 1.45. The molecule has 3 aliphatic rings. The number of methoxy groups -OCH3 is 1. The van der Waals surface area contributed by atoms with Crippen LogP contribution in [0.25, 0.3) is 0 Å². The molecule has 2 aromatic rings. The molecule has 0 radical (unpaired) electrons. The Morgan fingerprint density at radius 3 is 2.35 bits per heavy atom. The number of anilines is 1. The second-order valence-corrected chi connectivity index (χ2v) is 8.93. The maximum absolute atomic E-state index is 13.2. The maximum atomic E-state index is 13.2. The van der Waals surface area contributed by atoms with Crippen molar-refractivity contribution in [2.75, 3.05) is 44.9 Å². The number of rotatable bonds is 5. The third-order valence-corrected chi connectivity index (χ3v) is 6.86. The smallest absolute Gasteiger partial charge is 0.228 e. The van der Waals surface area contributed by atoms with E-state index in [1.54, 1.807) is 48.4 Å². The minimum Gasteiger partial charge on any atom is -0.497 e. The summed E-state index contributed by atoms with van der Waals surface area (Å²) in [6, 6.07) is 12.6. The fraction of sp³-hybridized carbons (Fsp3) is 0.423. The van der Waals surface area contributed by atoms with Crippen LogP contribution in [0, 0.1) is 11.8 Å². The molecule has 0 unspecified atom stereocenters. The highest BCUT2D eigenvalue weighted by molar-refractivity contribution is 6.01. The van der Waals surface area contributed by atoms with Crippen molar-refractivity contribution in [1.82, 2.24) is 4.90 Å². The monoisotopic (exact) mass is 464 g/mol. The van der Waals surface area contributed by atoms with Gasteiger partial charge in [-0.05, 0) is 49.2 Å². The molecule has 0 aliphatic carbocycles. The highest BCUT2D eigenvalue weighted by Crippen LogP contribution is 2.36. The molecule has 2 saturated heterocycles. The summed E-state index contributed by atoms with van der Waals surface area (Å²) >= 11 is 0. The number of likely N-dealkylation sites (tertiary alicyclic amines) is 1. The summed E-state index contributed by atoms with van der Waals surface area (Å²) in [5.41, 5.74) is 1.38. The lowest BCUT2D eigenvalue weighted by atomic mass is 9.88. The molecule has 8 heteroatoms. The van der Waals surface area contributed by atoms with Crippen LogP contribution in [0.3, 0.4) is 0 Å². The molecule has 2 amide bonds. The van der Waals surface area contributed by atoms with E-state index in [1.807, 2.05) is 11.0 Å². The van der Waals surface area contributed by atoms with Gasteiger partial charge in [-0.15, -0.1) is 0 Å². The number of ketones is 1. The number of hydrogen-bond donors (Lipinski definition) is 0. The van der Waals surface area contributed by atoms with Gasteiger partial charge in [0.05, 0.1) is 13.0 Å². The van der Waals surface area contributed by atoms with Gasteiger partial charge in [0.25, 0.3) is 0 Å². The number of hydrogen-bond acceptors (Lipinski definition) is 6. The average molecular weight is 465 g/mol. The molecule has 0 N–H and O–H groups in total. The van der Waals surface area contributed by atoms with Gasteiger partial charge in [0.1, 0.15) is 19.0 Å². The normalized spacial score (nSPS) is 20.4. The number of carbonyl (C=O) groups excluding carboxylic acids is 3. The highest BCUT2D eigenvalue weighted by atomic mass is 16.6. The maximum Gasteiger partial charge on any atom is 0.228 e. The molecular weight excluding hydrogens is 436 g/mol. The standard InChI is InChI=1S/C26H28N2O6/c1-32-21-5-2-17(3-6-21)25(30)18-8-10-27(11-9-18)26(31)19-14-24(29)28(16-19)20-4-7-22-23(15-20)34-13-12-33-22/h2-7,15,18-19H,8-14,16H2,1H3/t19-/m0/s1. The van der Waals surface area contributed by atoms with Crippen molar-refractivity contribution < 1.29 is 28.6 Å². The molecule has 0 spiro atoms. The molecule has 5 rings (SSSR count). The van der Waals surface area contributed by atoms with Crippen LogP contribution in [-0.2, 0) is 9.59 Å². The molecule has 3 aliphatic heterocycles. The quantitative estimate of drug-likeness (QED) is 0.633. The topological polar surface area (TPSA) is 85.4 Å². The summed E-state index contributed by atoms with van der Waals surface area (Å²) in [5, 5.41) is 0. The van der Waals surface area contributed by atoms with E-state index in [1.165, 1.54) is 0 Å². The Hall–Kier alpha value is -3.55. The lowest BCUT2D eigenvalue weighted by molar-refractivity contribution is -0.137. The lowest BCUT2D eigenvalue weighted by Crippen LogP contribution is -2.43. The number of ether oxygens (including phenoxy) is 3. The van der Waals surface area contributed by atoms with Gasteiger partial charge in [-0.3, -0.25) is 14.4 Å². The van der Waals surface area contributed by atoms with Gasteiger partial charge in [-0.1, -0.05) is 0 Å². The minimum absolute atomic E-state index is 0.0104. The van der Waals surface area contributed by atoms with Crippen molar-refractivity contribution in [2.24, 2.45) is 11.8 Å². The number of Topliss-reactive ketones (excluding diaryl/α,β-unsaturated/α-hetero) is 1. The molecule has 3 heterocycles. The first-order valence-corrected chi connectivity index (χ1v) is 11.7. The highest BCUT2D eigenvalue weighted by Gasteiger charge is 2.39.